The third kappa shape index (κ3) is 2.74. The number of rotatable bonds is 0. The normalized spacial score (nSPS) is 24.3. The van der Waals surface area contributed by atoms with Crippen molar-refractivity contribution >= 4 is 0 Å². The third-order valence-corrected chi connectivity index (χ3v) is 2.27. The van der Waals surface area contributed by atoms with Gasteiger partial charge in [0, 0.05) is 12.3 Å². The number of aromatic hydroxyl groups is 1. The van der Waals surface area contributed by atoms with Crippen molar-refractivity contribution in [2.24, 2.45) is 0 Å². The summed E-state index contributed by atoms with van der Waals surface area (Å²) in [6.45, 7) is -4.74. The van der Waals surface area contributed by atoms with Gasteiger partial charge in [-0.25, -0.2) is 0 Å². The first-order valence-electron chi connectivity index (χ1n) is 9.21. The van der Waals surface area contributed by atoms with Crippen LogP contribution in [0, 0.1) is 0 Å². The van der Waals surface area contributed by atoms with Crippen molar-refractivity contribution in [3.05, 3.63) is 29.3 Å². The van der Waals surface area contributed by atoms with Crippen LogP contribution in [0.1, 0.15) is 64.8 Å². The summed E-state index contributed by atoms with van der Waals surface area (Å²) in [5.74, 6) is -0.661. The van der Waals surface area contributed by atoms with Crippen molar-refractivity contribution in [3.63, 3.8) is 0 Å². The molecule has 1 nitrogen and oxygen atoms in total. The highest BCUT2D eigenvalue weighted by Gasteiger charge is 2.21. The van der Waals surface area contributed by atoms with Crippen LogP contribution in [0.3, 0.4) is 0 Å². The van der Waals surface area contributed by atoms with Gasteiger partial charge in [0.25, 0.3) is 0 Å². The van der Waals surface area contributed by atoms with Gasteiger partial charge in [0.2, 0.25) is 0 Å². The third-order valence-electron chi connectivity index (χ3n) is 2.27. The van der Waals surface area contributed by atoms with E-state index in [9.17, 15) is 5.11 Å². The summed E-state index contributed by atoms with van der Waals surface area (Å²) in [4.78, 5) is 0. The van der Waals surface area contributed by atoms with Gasteiger partial charge in [-0.3, -0.25) is 0 Å². The minimum absolute atomic E-state index is 0.494. The molecule has 0 atom stereocenters. The quantitative estimate of drug-likeness (QED) is 0.694. The first kappa shape index (κ1) is 4.48. The minimum Gasteiger partial charge on any atom is -0.508 e. The number of hydrogen-bond donors (Lipinski definition) is 1. The monoisotopic (exact) mass is 215 g/mol. The van der Waals surface area contributed by atoms with Crippen molar-refractivity contribution in [2.45, 2.75) is 52.2 Å². The molecule has 1 rings (SSSR count). The summed E-state index contributed by atoms with van der Waals surface area (Å²) < 4.78 is 69.4. The molecule has 0 heterocycles. The number of hydrogen-bond acceptors (Lipinski definition) is 1. The smallest absolute Gasteiger partial charge is 0.119 e. The van der Waals surface area contributed by atoms with Gasteiger partial charge in [0.1, 0.15) is 5.75 Å². The molecule has 1 heteroatoms. The maximum atomic E-state index is 10.2. The molecular formula is C14H22O. The molecule has 0 aliphatic heterocycles. The lowest BCUT2D eigenvalue weighted by Crippen LogP contribution is -2.16. The SMILES string of the molecule is [2H]C([2H])([2H])C(c1cc(C(C)(C)C)ccc1O)(C([2H])([2H])[2H])C([2H])([2H])[2H]. The fourth-order valence-electron chi connectivity index (χ4n) is 1.30. The Bertz CT molecular complexity index is 567. The van der Waals surface area contributed by atoms with Crippen LogP contribution in [0.2, 0.25) is 0 Å². The van der Waals surface area contributed by atoms with Crippen LogP contribution >= 0.6 is 0 Å². The molecule has 0 spiro atoms. The molecule has 0 fully saturated rings. The lowest BCUT2D eigenvalue weighted by atomic mass is 9.80. The van der Waals surface area contributed by atoms with E-state index < -0.39 is 42.7 Å². The highest BCUT2D eigenvalue weighted by atomic mass is 16.3. The predicted octanol–water partition coefficient (Wildman–Crippen LogP) is 3.99. The zero-order chi connectivity index (χ0) is 19.4. The van der Waals surface area contributed by atoms with Gasteiger partial charge in [-0.1, -0.05) is 53.5 Å². The van der Waals surface area contributed by atoms with Gasteiger partial charge >= 0.3 is 0 Å². The van der Waals surface area contributed by atoms with E-state index in [-0.39, 0.29) is 0 Å². The van der Waals surface area contributed by atoms with Crippen molar-refractivity contribution < 1.29 is 17.4 Å². The summed E-state index contributed by atoms with van der Waals surface area (Å²) in [5.41, 5.74) is -3.77. The molecule has 1 aromatic carbocycles. The van der Waals surface area contributed by atoms with Crippen molar-refractivity contribution in [1.29, 1.82) is 0 Å². The standard InChI is InChI=1S/C14H22O/c1-13(2,3)10-7-8-12(15)11(9-10)14(4,5)6/h7-9,15H,1-6H3/i4D3,5D3,6D3. The first-order valence-corrected chi connectivity index (χ1v) is 4.71. The fraction of sp³-hybridized carbons (Fsp3) is 0.571. The van der Waals surface area contributed by atoms with Gasteiger partial charge in [0.05, 0.1) is 0 Å². The Balaban J connectivity index is 4.02. The molecule has 1 N–H and O–H groups in total. The second-order valence-corrected chi connectivity index (χ2v) is 4.73. The van der Waals surface area contributed by atoms with E-state index in [0.29, 0.717) is 5.56 Å². The maximum absolute atomic E-state index is 10.2. The molecule has 0 aliphatic rings. The zero-order valence-corrected chi connectivity index (χ0v) is 9.18. The number of phenolic OH excluding ortho intramolecular Hbond substituents is 1. The molecule has 0 amide bonds. The van der Waals surface area contributed by atoms with Gasteiger partial charge in [-0.05, 0) is 28.0 Å². The van der Waals surface area contributed by atoms with Crippen LogP contribution in [0.15, 0.2) is 18.2 Å². The van der Waals surface area contributed by atoms with Gasteiger partial charge in [-0.2, -0.15) is 0 Å². The van der Waals surface area contributed by atoms with Crippen LogP contribution in [0.5, 0.6) is 5.75 Å². The highest BCUT2D eigenvalue weighted by Crippen LogP contribution is 2.34. The molecule has 0 saturated heterocycles. The second-order valence-electron chi connectivity index (χ2n) is 4.73. The molecule has 0 unspecified atom stereocenters. The summed E-state index contributed by atoms with van der Waals surface area (Å²) in [6.07, 6.45) is 0. The van der Waals surface area contributed by atoms with Crippen LogP contribution in [-0.2, 0) is 10.8 Å². The van der Waals surface area contributed by atoms with Crippen LogP contribution in [0.25, 0.3) is 0 Å². The Morgan fingerprint density at radius 3 is 2.13 bits per heavy atom. The Morgan fingerprint density at radius 2 is 1.67 bits per heavy atom. The van der Waals surface area contributed by atoms with E-state index >= 15 is 0 Å². The molecule has 84 valence electrons. The molecule has 0 bridgehead atoms. The molecule has 0 radical (unpaired) electrons. The largest absolute Gasteiger partial charge is 0.508 e. The van der Waals surface area contributed by atoms with E-state index in [1.165, 1.54) is 12.1 Å². The van der Waals surface area contributed by atoms with Gasteiger partial charge in [0.15, 0.2) is 0 Å². The highest BCUT2D eigenvalue weighted by molar-refractivity contribution is 5.42. The predicted molar refractivity (Wildman–Crippen MR) is 65.5 cm³/mol. The van der Waals surface area contributed by atoms with Crippen molar-refractivity contribution in [3.8, 4) is 5.75 Å². The summed E-state index contributed by atoms with van der Waals surface area (Å²) in [7, 11) is 0. The Labute approximate surface area is 106 Å². The van der Waals surface area contributed by atoms with E-state index in [1.807, 2.05) is 20.8 Å². The van der Waals surface area contributed by atoms with Crippen molar-refractivity contribution in [1.82, 2.24) is 0 Å². The molecule has 0 aromatic heterocycles. The number of phenols is 1. The Kier molecular flexibility index (Phi) is 1.06. The minimum atomic E-state index is -3.39. The topological polar surface area (TPSA) is 20.2 Å². The lowest BCUT2D eigenvalue weighted by Gasteiger charge is -2.25. The van der Waals surface area contributed by atoms with E-state index in [4.69, 9.17) is 12.3 Å². The van der Waals surface area contributed by atoms with Gasteiger partial charge in [-0.15, -0.1) is 0 Å². The summed E-state index contributed by atoms with van der Waals surface area (Å²) >= 11 is 0. The molecule has 1 aromatic rings. The van der Waals surface area contributed by atoms with Crippen LogP contribution < -0.4 is 0 Å². The second kappa shape index (κ2) is 3.55. The zero-order valence-electron chi connectivity index (χ0n) is 18.2. The maximum Gasteiger partial charge on any atom is 0.119 e. The van der Waals surface area contributed by atoms with Crippen LogP contribution in [-0.4, -0.2) is 5.11 Å². The Hall–Kier alpha value is -0.980. The van der Waals surface area contributed by atoms with Crippen molar-refractivity contribution in [2.75, 3.05) is 0 Å². The van der Waals surface area contributed by atoms with E-state index in [2.05, 4.69) is 0 Å². The molecule has 15 heavy (non-hydrogen) atoms. The average Bonchev–Trinajstić information content (AvgIpc) is 2.24. The fourth-order valence-corrected chi connectivity index (χ4v) is 1.30. The van der Waals surface area contributed by atoms with Crippen LogP contribution in [0.4, 0.5) is 0 Å². The molecular weight excluding hydrogens is 184 g/mol. The van der Waals surface area contributed by atoms with Gasteiger partial charge < -0.3 is 5.11 Å². The summed E-state index contributed by atoms with van der Waals surface area (Å²) in [5, 5.41) is 10.2. The molecule has 0 aliphatic carbocycles. The summed E-state index contributed by atoms with van der Waals surface area (Å²) in [6, 6.07) is 3.84. The average molecular weight is 215 g/mol. The Morgan fingerprint density at radius 1 is 1.07 bits per heavy atom. The lowest BCUT2D eigenvalue weighted by molar-refractivity contribution is 0.444. The first-order chi connectivity index (χ1) is 10.4. The van der Waals surface area contributed by atoms with E-state index in [1.54, 1.807) is 0 Å². The molecule has 0 saturated carbocycles. The van der Waals surface area contributed by atoms with E-state index in [0.717, 1.165) is 6.07 Å². The number of benzene rings is 1.